The number of nitrogens with two attached hydrogens (primary N) is 1. The highest BCUT2D eigenvalue weighted by Gasteiger charge is 2.21. The molecule has 5 heteroatoms. The van der Waals surface area contributed by atoms with Gasteiger partial charge in [0.15, 0.2) is 0 Å². The molecule has 0 spiro atoms. The molecule has 0 unspecified atom stereocenters. The van der Waals surface area contributed by atoms with Gasteiger partial charge in [0.2, 0.25) is 0 Å². The van der Waals surface area contributed by atoms with Crippen LogP contribution in [0.1, 0.15) is 27.9 Å². The predicted molar refractivity (Wildman–Crippen MR) is 119 cm³/mol. The lowest BCUT2D eigenvalue weighted by atomic mass is 10.1. The van der Waals surface area contributed by atoms with Crippen LogP contribution in [-0.4, -0.2) is 31.0 Å². The molecule has 0 saturated carbocycles. The Morgan fingerprint density at radius 1 is 0.900 bits per heavy atom. The largest absolute Gasteiger partial charge is 0.496 e. The topological polar surface area (TPSA) is 64.8 Å². The molecule has 3 aromatic rings. The van der Waals surface area contributed by atoms with E-state index in [0.717, 1.165) is 16.9 Å². The molecule has 5 nitrogen and oxygen atoms in total. The van der Waals surface area contributed by atoms with Crippen LogP contribution in [0.3, 0.4) is 0 Å². The van der Waals surface area contributed by atoms with E-state index >= 15 is 0 Å². The Balaban J connectivity index is 1.81. The van der Waals surface area contributed by atoms with E-state index in [1.165, 1.54) is 0 Å². The van der Waals surface area contributed by atoms with Crippen LogP contribution in [0.4, 0.5) is 0 Å². The number of para-hydroxylation sites is 2. The molecule has 0 aliphatic heterocycles. The molecule has 2 N–H and O–H groups in total. The molecular weight excluding hydrogens is 376 g/mol. The number of amides is 1. The number of carbonyl (C=O) groups excluding carboxylic acids is 1. The molecule has 0 atom stereocenters. The molecule has 30 heavy (non-hydrogen) atoms. The van der Waals surface area contributed by atoms with E-state index in [1.807, 2.05) is 72.8 Å². The molecule has 0 aromatic heterocycles. The minimum atomic E-state index is -0.0852. The maximum atomic E-state index is 13.5. The summed E-state index contributed by atoms with van der Waals surface area (Å²) >= 11 is 0. The average Bonchev–Trinajstić information content (AvgIpc) is 2.81. The SMILES string of the molecule is COc1ccccc1CN(CCCN)C(=O)c1ccccc1OCc1ccccc1. The van der Waals surface area contributed by atoms with Crippen molar-refractivity contribution in [2.45, 2.75) is 19.6 Å². The zero-order valence-corrected chi connectivity index (χ0v) is 17.3. The molecule has 0 fully saturated rings. The van der Waals surface area contributed by atoms with Crippen molar-refractivity contribution in [2.24, 2.45) is 5.73 Å². The van der Waals surface area contributed by atoms with E-state index in [-0.39, 0.29) is 5.91 Å². The second-order valence-corrected chi connectivity index (χ2v) is 6.95. The quantitative estimate of drug-likeness (QED) is 0.548. The first-order chi connectivity index (χ1) is 14.7. The lowest BCUT2D eigenvalue weighted by Crippen LogP contribution is -2.33. The summed E-state index contributed by atoms with van der Waals surface area (Å²) in [7, 11) is 1.64. The van der Waals surface area contributed by atoms with Crippen LogP contribution in [0.25, 0.3) is 0 Å². The zero-order chi connectivity index (χ0) is 21.2. The molecule has 3 rings (SSSR count). The summed E-state index contributed by atoms with van der Waals surface area (Å²) in [6.07, 6.45) is 0.716. The van der Waals surface area contributed by atoms with Gasteiger partial charge < -0.3 is 20.1 Å². The third-order valence-corrected chi connectivity index (χ3v) is 4.83. The highest BCUT2D eigenvalue weighted by Crippen LogP contribution is 2.24. The van der Waals surface area contributed by atoms with Crippen molar-refractivity contribution in [3.05, 3.63) is 95.6 Å². The van der Waals surface area contributed by atoms with Gasteiger partial charge in [-0.15, -0.1) is 0 Å². The Morgan fingerprint density at radius 3 is 2.30 bits per heavy atom. The van der Waals surface area contributed by atoms with Gasteiger partial charge in [0.1, 0.15) is 18.1 Å². The van der Waals surface area contributed by atoms with E-state index in [2.05, 4.69) is 0 Å². The van der Waals surface area contributed by atoms with Crippen LogP contribution in [-0.2, 0) is 13.2 Å². The van der Waals surface area contributed by atoms with Crippen LogP contribution in [0.2, 0.25) is 0 Å². The second kappa shape index (κ2) is 11.0. The summed E-state index contributed by atoms with van der Waals surface area (Å²) in [6.45, 7) is 1.92. The van der Waals surface area contributed by atoms with Crippen LogP contribution >= 0.6 is 0 Å². The van der Waals surface area contributed by atoms with E-state index in [0.29, 0.717) is 44.0 Å². The minimum absolute atomic E-state index is 0.0852. The van der Waals surface area contributed by atoms with Gasteiger partial charge in [-0.2, -0.15) is 0 Å². The number of rotatable bonds is 10. The summed E-state index contributed by atoms with van der Waals surface area (Å²) in [5.41, 5.74) is 8.26. The van der Waals surface area contributed by atoms with Gasteiger partial charge in [0, 0.05) is 18.7 Å². The molecule has 0 radical (unpaired) electrons. The lowest BCUT2D eigenvalue weighted by Gasteiger charge is -2.24. The second-order valence-electron chi connectivity index (χ2n) is 6.95. The number of methoxy groups -OCH3 is 1. The van der Waals surface area contributed by atoms with E-state index < -0.39 is 0 Å². The van der Waals surface area contributed by atoms with Gasteiger partial charge >= 0.3 is 0 Å². The van der Waals surface area contributed by atoms with Crippen LogP contribution in [0.15, 0.2) is 78.9 Å². The molecule has 3 aromatic carbocycles. The van der Waals surface area contributed by atoms with Crippen molar-refractivity contribution in [2.75, 3.05) is 20.2 Å². The van der Waals surface area contributed by atoms with Gasteiger partial charge in [-0.3, -0.25) is 4.79 Å². The summed E-state index contributed by atoms with van der Waals surface area (Å²) in [6, 6.07) is 25.0. The van der Waals surface area contributed by atoms with Crippen molar-refractivity contribution in [3.8, 4) is 11.5 Å². The Hall–Kier alpha value is -3.31. The maximum Gasteiger partial charge on any atom is 0.257 e. The highest BCUT2D eigenvalue weighted by atomic mass is 16.5. The average molecular weight is 405 g/mol. The fourth-order valence-corrected chi connectivity index (χ4v) is 3.25. The van der Waals surface area contributed by atoms with Gasteiger partial charge in [-0.1, -0.05) is 60.7 Å². The fraction of sp³-hybridized carbons (Fsp3) is 0.240. The smallest absolute Gasteiger partial charge is 0.257 e. The number of hydrogen-bond acceptors (Lipinski definition) is 4. The standard InChI is InChI=1S/C25H28N2O3/c1-29-23-14-7-5-12-21(23)18-27(17-9-16-26)25(28)22-13-6-8-15-24(22)30-19-20-10-3-2-4-11-20/h2-8,10-15H,9,16-19,26H2,1H3. The normalized spacial score (nSPS) is 10.5. The van der Waals surface area contributed by atoms with Crippen molar-refractivity contribution >= 4 is 5.91 Å². The number of ether oxygens (including phenoxy) is 2. The van der Waals surface area contributed by atoms with Crippen molar-refractivity contribution in [1.29, 1.82) is 0 Å². The van der Waals surface area contributed by atoms with Crippen molar-refractivity contribution < 1.29 is 14.3 Å². The lowest BCUT2D eigenvalue weighted by molar-refractivity contribution is 0.0736. The summed E-state index contributed by atoms with van der Waals surface area (Å²) in [5, 5.41) is 0. The number of hydrogen-bond donors (Lipinski definition) is 1. The third kappa shape index (κ3) is 5.61. The van der Waals surface area contributed by atoms with Crippen LogP contribution in [0, 0.1) is 0 Å². The van der Waals surface area contributed by atoms with E-state index in [1.54, 1.807) is 18.1 Å². The maximum absolute atomic E-state index is 13.5. The first-order valence-corrected chi connectivity index (χ1v) is 10.1. The summed E-state index contributed by atoms with van der Waals surface area (Å²) in [5.74, 6) is 1.25. The zero-order valence-electron chi connectivity index (χ0n) is 17.3. The van der Waals surface area contributed by atoms with Gasteiger partial charge in [-0.05, 0) is 36.7 Å². The third-order valence-electron chi connectivity index (χ3n) is 4.83. The first kappa shape index (κ1) is 21.4. The molecule has 0 aliphatic carbocycles. The molecular formula is C25H28N2O3. The number of nitrogens with zero attached hydrogens (tertiary/aromatic N) is 1. The molecule has 156 valence electrons. The van der Waals surface area contributed by atoms with Crippen LogP contribution in [0.5, 0.6) is 11.5 Å². The Kier molecular flexibility index (Phi) is 7.86. The molecule has 1 amide bonds. The molecule has 0 saturated heterocycles. The number of benzene rings is 3. The molecule has 0 bridgehead atoms. The van der Waals surface area contributed by atoms with Gasteiger partial charge in [0.25, 0.3) is 5.91 Å². The van der Waals surface area contributed by atoms with Gasteiger partial charge in [0.05, 0.1) is 12.7 Å². The number of carbonyl (C=O) groups is 1. The molecule has 0 aliphatic rings. The summed E-state index contributed by atoms with van der Waals surface area (Å²) < 4.78 is 11.5. The van der Waals surface area contributed by atoms with Crippen molar-refractivity contribution in [1.82, 2.24) is 4.90 Å². The monoisotopic (exact) mass is 404 g/mol. The molecule has 0 heterocycles. The predicted octanol–water partition coefficient (Wildman–Crippen LogP) is 4.27. The van der Waals surface area contributed by atoms with E-state index in [4.69, 9.17) is 15.2 Å². The Morgan fingerprint density at radius 2 is 1.57 bits per heavy atom. The fourth-order valence-electron chi connectivity index (χ4n) is 3.25. The van der Waals surface area contributed by atoms with Crippen LogP contribution < -0.4 is 15.2 Å². The minimum Gasteiger partial charge on any atom is -0.496 e. The van der Waals surface area contributed by atoms with Gasteiger partial charge in [-0.25, -0.2) is 0 Å². The Labute approximate surface area is 178 Å². The first-order valence-electron chi connectivity index (χ1n) is 10.1. The van der Waals surface area contributed by atoms with E-state index in [9.17, 15) is 4.79 Å². The summed E-state index contributed by atoms with van der Waals surface area (Å²) in [4.78, 5) is 15.3. The Bertz CT molecular complexity index is 944. The highest BCUT2D eigenvalue weighted by molar-refractivity contribution is 5.97. The van der Waals surface area contributed by atoms with Crippen molar-refractivity contribution in [3.63, 3.8) is 0 Å².